The Hall–Kier alpha value is -1.84. The Labute approximate surface area is 153 Å². The molecule has 2 rings (SSSR count). The highest BCUT2D eigenvalue weighted by atomic mass is 35.5. The molecule has 0 unspecified atom stereocenters. The summed E-state index contributed by atoms with van der Waals surface area (Å²) in [5.74, 6) is -0.712. The summed E-state index contributed by atoms with van der Waals surface area (Å²) in [4.78, 5) is -0.914. The van der Waals surface area contributed by atoms with E-state index in [0.29, 0.717) is 10.4 Å². The molecule has 0 aliphatic rings. The van der Waals surface area contributed by atoms with E-state index in [1.165, 1.54) is 24.3 Å². The van der Waals surface area contributed by atoms with Crippen molar-refractivity contribution < 1.29 is 30.7 Å². The van der Waals surface area contributed by atoms with Crippen LogP contribution in [0, 0.1) is 5.82 Å². The van der Waals surface area contributed by atoms with Gasteiger partial charge in [0.2, 0.25) is 10.0 Å². The third kappa shape index (κ3) is 4.66. The zero-order valence-corrected chi connectivity index (χ0v) is 15.0. The first kappa shape index (κ1) is 20.5. The molecule has 0 fully saturated rings. The van der Waals surface area contributed by atoms with E-state index >= 15 is 0 Å². The lowest BCUT2D eigenvalue weighted by molar-refractivity contribution is -0.139. The average Bonchev–Trinajstić information content (AvgIpc) is 2.55. The molecular weight excluding hydrogens is 398 g/mol. The second-order valence-corrected chi connectivity index (χ2v) is 7.69. The second kappa shape index (κ2) is 7.81. The van der Waals surface area contributed by atoms with Gasteiger partial charge < -0.3 is 4.74 Å². The zero-order chi connectivity index (χ0) is 19.5. The number of para-hydroxylation sites is 1. The van der Waals surface area contributed by atoms with Gasteiger partial charge in [0.25, 0.3) is 0 Å². The number of ether oxygens (including phenoxy) is 1. The largest absolute Gasteiger partial charge is 0.489 e. The predicted octanol–water partition coefficient (Wildman–Crippen LogP) is 4.20. The minimum Gasteiger partial charge on any atom is -0.489 e. The predicted molar refractivity (Wildman–Crippen MR) is 88.2 cm³/mol. The Bertz CT molecular complexity index is 887. The average molecular weight is 412 g/mol. The van der Waals surface area contributed by atoms with Crippen LogP contribution in [-0.4, -0.2) is 32.9 Å². The topological polar surface area (TPSA) is 46.6 Å². The summed E-state index contributed by atoms with van der Waals surface area (Å²) in [5.41, 5.74) is -1.35. The number of rotatable bonds is 6. The van der Waals surface area contributed by atoms with Gasteiger partial charge in [-0.25, -0.2) is 12.8 Å². The number of hydrogen-bond acceptors (Lipinski definition) is 3. The van der Waals surface area contributed by atoms with Gasteiger partial charge in [0, 0.05) is 18.6 Å². The smallest absolute Gasteiger partial charge is 0.417 e. The van der Waals surface area contributed by atoms with Gasteiger partial charge >= 0.3 is 6.18 Å². The Morgan fingerprint density at radius 3 is 2.42 bits per heavy atom. The summed E-state index contributed by atoms with van der Waals surface area (Å²) < 4.78 is 83.6. The molecule has 0 aliphatic carbocycles. The van der Waals surface area contributed by atoms with Gasteiger partial charge in [0.05, 0.1) is 10.5 Å². The van der Waals surface area contributed by atoms with Gasteiger partial charge in [0.1, 0.15) is 6.61 Å². The maximum absolute atomic E-state index is 13.4. The van der Waals surface area contributed by atoms with Gasteiger partial charge in [-0.15, -0.1) is 0 Å². The van der Waals surface area contributed by atoms with Crippen LogP contribution in [0.5, 0.6) is 5.75 Å². The second-order valence-electron chi connectivity index (χ2n) is 5.24. The number of sulfonamides is 1. The summed E-state index contributed by atoms with van der Waals surface area (Å²) >= 11 is 5.55. The van der Waals surface area contributed by atoms with Gasteiger partial charge in [-0.3, -0.25) is 0 Å². The summed E-state index contributed by atoms with van der Waals surface area (Å²) in [6.45, 7) is -0.526. The van der Waals surface area contributed by atoms with E-state index in [9.17, 15) is 26.0 Å². The summed E-state index contributed by atoms with van der Waals surface area (Å²) in [7, 11) is -3.35. The van der Waals surface area contributed by atoms with Crippen LogP contribution in [0.15, 0.2) is 47.4 Å². The minimum atomic E-state index is -4.89. The van der Waals surface area contributed by atoms with Crippen molar-refractivity contribution in [2.24, 2.45) is 0 Å². The van der Waals surface area contributed by atoms with Crippen LogP contribution in [0.2, 0.25) is 5.02 Å². The maximum Gasteiger partial charge on any atom is 0.417 e. The molecule has 10 heteroatoms. The molecule has 0 saturated heterocycles. The van der Waals surface area contributed by atoms with Gasteiger partial charge in [-0.1, -0.05) is 23.7 Å². The third-order valence-corrected chi connectivity index (χ3v) is 5.59. The van der Waals surface area contributed by atoms with Crippen LogP contribution in [0.3, 0.4) is 0 Å². The number of halogens is 5. The highest BCUT2D eigenvalue weighted by Crippen LogP contribution is 2.36. The molecule has 0 radical (unpaired) electrons. The molecule has 0 heterocycles. The van der Waals surface area contributed by atoms with Crippen molar-refractivity contribution in [3.63, 3.8) is 0 Å². The monoisotopic (exact) mass is 411 g/mol. The Balaban J connectivity index is 2.18. The number of likely N-dealkylation sites (N-methyl/N-ethyl adjacent to an activating group) is 1. The maximum atomic E-state index is 13.4. The molecule has 0 spiro atoms. The fourth-order valence-electron chi connectivity index (χ4n) is 2.08. The first-order chi connectivity index (χ1) is 12.0. The van der Waals surface area contributed by atoms with Crippen LogP contribution < -0.4 is 4.74 Å². The lowest BCUT2D eigenvalue weighted by Gasteiger charge is -2.20. The van der Waals surface area contributed by atoms with Crippen LogP contribution in [-0.2, 0) is 16.2 Å². The van der Waals surface area contributed by atoms with Crippen LogP contribution in [0.4, 0.5) is 17.6 Å². The van der Waals surface area contributed by atoms with E-state index in [-0.39, 0.29) is 23.9 Å². The molecule has 0 amide bonds. The molecule has 0 atom stereocenters. The fraction of sp³-hybridized carbons (Fsp3) is 0.250. The lowest BCUT2D eigenvalue weighted by Crippen LogP contribution is -2.32. The number of nitrogens with zero attached hydrogens (tertiary/aromatic N) is 1. The van der Waals surface area contributed by atoms with E-state index in [2.05, 4.69) is 0 Å². The number of benzene rings is 2. The highest BCUT2D eigenvalue weighted by molar-refractivity contribution is 7.89. The molecule has 0 saturated carbocycles. The van der Waals surface area contributed by atoms with E-state index in [1.807, 2.05) is 0 Å². The van der Waals surface area contributed by atoms with Crippen LogP contribution in [0.25, 0.3) is 0 Å². The molecule has 0 aliphatic heterocycles. The molecule has 2 aromatic carbocycles. The molecule has 26 heavy (non-hydrogen) atoms. The molecule has 142 valence electrons. The van der Waals surface area contributed by atoms with Gasteiger partial charge in [-0.05, 0) is 30.3 Å². The third-order valence-electron chi connectivity index (χ3n) is 3.44. The van der Waals surface area contributed by atoms with E-state index < -0.39 is 32.5 Å². The first-order valence-electron chi connectivity index (χ1n) is 7.24. The van der Waals surface area contributed by atoms with Crippen molar-refractivity contribution in [2.75, 3.05) is 20.2 Å². The quantitative estimate of drug-likeness (QED) is 0.669. The molecule has 0 bridgehead atoms. The van der Waals surface area contributed by atoms with E-state index in [1.54, 1.807) is 0 Å². The van der Waals surface area contributed by atoms with Gasteiger partial charge in [0.15, 0.2) is 11.6 Å². The van der Waals surface area contributed by atoms with E-state index in [0.717, 1.165) is 19.2 Å². The Morgan fingerprint density at radius 1 is 1.15 bits per heavy atom. The lowest BCUT2D eigenvalue weighted by atomic mass is 10.2. The highest BCUT2D eigenvalue weighted by Gasteiger charge is 2.38. The SMILES string of the molecule is CN(CCOc1ccccc1F)S(=O)(=O)c1ccc(Cl)cc1C(F)(F)F. The Morgan fingerprint density at radius 2 is 1.81 bits per heavy atom. The van der Waals surface area contributed by atoms with Crippen LogP contribution >= 0.6 is 11.6 Å². The summed E-state index contributed by atoms with van der Waals surface area (Å²) in [6.07, 6.45) is -4.89. The Kier molecular flexibility index (Phi) is 6.15. The van der Waals surface area contributed by atoms with Crippen molar-refractivity contribution in [2.45, 2.75) is 11.1 Å². The van der Waals surface area contributed by atoms with Gasteiger partial charge in [-0.2, -0.15) is 17.5 Å². The first-order valence-corrected chi connectivity index (χ1v) is 9.05. The van der Waals surface area contributed by atoms with E-state index in [4.69, 9.17) is 16.3 Å². The van der Waals surface area contributed by atoms with Crippen molar-refractivity contribution in [3.05, 3.63) is 58.9 Å². The number of alkyl halides is 3. The minimum absolute atomic E-state index is 0.0826. The van der Waals surface area contributed by atoms with Crippen molar-refractivity contribution in [1.29, 1.82) is 0 Å². The van der Waals surface area contributed by atoms with Crippen LogP contribution in [0.1, 0.15) is 5.56 Å². The normalized spacial score (nSPS) is 12.4. The molecule has 0 N–H and O–H groups in total. The molecular formula is C16H14ClF4NO3S. The molecule has 2 aromatic rings. The zero-order valence-electron chi connectivity index (χ0n) is 13.4. The van der Waals surface area contributed by atoms with Crippen molar-refractivity contribution in [3.8, 4) is 5.75 Å². The molecule has 0 aromatic heterocycles. The number of hydrogen-bond donors (Lipinski definition) is 0. The van der Waals surface area contributed by atoms with Crippen molar-refractivity contribution in [1.82, 2.24) is 4.31 Å². The summed E-state index contributed by atoms with van der Waals surface area (Å²) in [6, 6.07) is 7.92. The molecule has 4 nitrogen and oxygen atoms in total. The fourth-order valence-corrected chi connectivity index (χ4v) is 3.60. The standard InChI is InChI=1S/C16H14ClF4NO3S/c1-22(8-9-25-14-5-3-2-4-13(14)18)26(23,24)15-7-6-11(17)10-12(15)16(19,20)21/h2-7,10H,8-9H2,1H3. The van der Waals surface area contributed by atoms with Crippen molar-refractivity contribution >= 4 is 21.6 Å². The summed E-state index contributed by atoms with van der Waals surface area (Å²) in [5, 5.41) is -0.234.